The zero-order chi connectivity index (χ0) is 17.8. The molecule has 0 aliphatic carbocycles. The van der Waals surface area contributed by atoms with E-state index in [4.69, 9.17) is 29.8 Å². The van der Waals surface area contributed by atoms with Crippen molar-refractivity contribution in [2.45, 2.75) is 0 Å². The quantitative estimate of drug-likeness (QED) is 0.622. The number of nitrogens with zero attached hydrogens (tertiary/aromatic N) is 1. The van der Waals surface area contributed by atoms with E-state index in [0.717, 1.165) is 11.1 Å². The Morgan fingerprint density at radius 1 is 1.00 bits per heavy atom. The van der Waals surface area contributed by atoms with Gasteiger partial charge in [-0.1, -0.05) is 48.0 Å². The third kappa shape index (κ3) is 3.68. The van der Waals surface area contributed by atoms with Gasteiger partial charge >= 0.3 is 0 Å². The van der Waals surface area contributed by atoms with E-state index in [-0.39, 0.29) is 5.91 Å². The fourth-order valence-corrected chi connectivity index (χ4v) is 2.90. The molecule has 3 N–H and O–H groups in total. The number of nitrogens with one attached hydrogen (secondary N) is 1. The lowest BCUT2D eigenvalue weighted by molar-refractivity contribution is 0.102. The number of amides is 1. The summed E-state index contributed by atoms with van der Waals surface area (Å²) in [5, 5.41) is 3.40. The van der Waals surface area contributed by atoms with Gasteiger partial charge in [-0.15, -0.1) is 0 Å². The van der Waals surface area contributed by atoms with Gasteiger partial charge in [0, 0.05) is 34.1 Å². The van der Waals surface area contributed by atoms with Crippen LogP contribution in [0.15, 0.2) is 71.1 Å². The Bertz CT molecular complexity index is 945. The molecule has 3 rings (SSSR count). The Morgan fingerprint density at radius 2 is 1.76 bits per heavy atom. The Labute approximate surface area is 155 Å². The second-order valence-electron chi connectivity index (χ2n) is 5.34. The number of benzene rings is 3. The minimum absolute atomic E-state index is 0.232. The number of rotatable bonds is 4. The van der Waals surface area contributed by atoms with Crippen molar-refractivity contribution in [3.05, 3.63) is 77.3 Å². The summed E-state index contributed by atoms with van der Waals surface area (Å²) in [6.07, 6.45) is 0. The van der Waals surface area contributed by atoms with Gasteiger partial charge in [-0.3, -0.25) is 4.79 Å². The SMILES string of the molecule is Nc1cccc(-c2ccc(Cl)cc2NC(=O)c2ccccc2)c1N=S. The fourth-order valence-electron chi connectivity index (χ4n) is 2.52. The molecule has 0 aliphatic heterocycles. The van der Waals surface area contributed by atoms with Gasteiger partial charge in [0.2, 0.25) is 0 Å². The molecule has 0 saturated carbocycles. The lowest BCUT2D eigenvalue weighted by Crippen LogP contribution is -2.12. The number of nitrogens with two attached hydrogens (primary N) is 1. The molecule has 0 fully saturated rings. The maximum absolute atomic E-state index is 12.5. The van der Waals surface area contributed by atoms with E-state index in [2.05, 4.69) is 9.68 Å². The van der Waals surface area contributed by atoms with Crippen molar-refractivity contribution in [2.75, 3.05) is 11.1 Å². The van der Waals surface area contributed by atoms with Gasteiger partial charge in [0.15, 0.2) is 0 Å². The number of nitrogen functional groups attached to an aromatic ring is 1. The number of carbonyl (C=O) groups excluding carboxylic acids is 1. The molecule has 0 aliphatic rings. The largest absolute Gasteiger partial charge is 0.397 e. The third-order valence-electron chi connectivity index (χ3n) is 3.71. The summed E-state index contributed by atoms with van der Waals surface area (Å²) in [7, 11) is 0. The highest BCUT2D eigenvalue weighted by molar-refractivity contribution is 7.47. The minimum atomic E-state index is -0.232. The molecule has 0 atom stereocenters. The molecule has 0 spiro atoms. The van der Waals surface area contributed by atoms with Crippen LogP contribution >= 0.6 is 11.6 Å². The second kappa shape index (κ2) is 7.42. The van der Waals surface area contributed by atoms with Crippen LogP contribution < -0.4 is 11.1 Å². The van der Waals surface area contributed by atoms with Crippen molar-refractivity contribution in [3.8, 4) is 11.1 Å². The number of halogens is 1. The lowest BCUT2D eigenvalue weighted by atomic mass is 10.0. The molecule has 25 heavy (non-hydrogen) atoms. The first kappa shape index (κ1) is 17.1. The summed E-state index contributed by atoms with van der Waals surface area (Å²) >= 11 is 11.0. The van der Waals surface area contributed by atoms with Gasteiger partial charge in [-0.2, -0.15) is 4.36 Å². The Hall–Kier alpha value is -2.76. The highest BCUT2D eigenvalue weighted by Gasteiger charge is 2.15. The standard InChI is InChI=1S/C19H14ClN3OS/c20-13-9-10-14(15-7-4-8-16(21)18(15)23-25)17(11-13)22-19(24)12-5-2-1-3-6-12/h1-11H,21H2,(H,22,24). The molecule has 0 aromatic heterocycles. The topological polar surface area (TPSA) is 67.5 Å². The molecule has 0 radical (unpaired) electrons. The summed E-state index contributed by atoms with van der Waals surface area (Å²) < 4.78 is 3.86. The molecule has 1 amide bonds. The first-order valence-electron chi connectivity index (χ1n) is 7.48. The molecule has 0 heterocycles. The molecule has 0 bridgehead atoms. The van der Waals surface area contributed by atoms with E-state index in [0.29, 0.717) is 27.6 Å². The van der Waals surface area contributed by atoms with Crippen molar-refractivity contribution in [3.63, 3.8) is 0 Å². The van der Waals surface area contributed by atoms with Gasteiger partial charge in [0.25, 0.3) is 5.91 Å². The zero-order valence-corrected chi connectivity index (χ0v) is 14.6. The Balaban J connectivity index is 2.07. The average molecular weight is 368 g/mol. The highest BCUT2D eigenvalue weighted by Crippen LogP contribution is 2.39. The van der Waals surface area contributed by atoms with Crippen LogP contribution in [0.5, 0.6) is 0 Å². The summed E-state index contributed by atoms with van der Waals surface area (Å²) in [4.78, 5) is 12.5. The fraction of sp³-hybridized carbons (Fsp3) is 0. The maximum Gasteiger partial charge on any atom is 0.255 e. The van der Waals surface area contributed by atoms with Crippen LogP contribution in [-0.4, -0.2) is 5.91 Å². The normalized spacial score (nSPS) is 10.3. The van der Waals surface area contributed by atoms with Gasteiger partial charge in [-0.25, -0.2) is 0 Å². The van der Waals surface area contributed by atoms with Crippen molar-refractivity contribution < 1.29 is 4.79 Å². The predicted octanol–water partition coefficient (Wildman–Crippen LogP) is 5.20. The van der Waals surface area contributed by atoms with Gasteiger partial charge in [0.05, 0.1) is 11.4 Å². The van der Waals surface area contributed by atoms with E-state index in [1.165, 1.54) is 0 Å². The molecule has 0 saturated heterocycles. The van der Waals surface area contributed by atoms with Crippen LogP contribution in [0.3, 0.4) is 0 Å². The molecule has 0 unspecified atom stereocenters. The van der Waals surface area contributed by atoms with Crippen LogP contribution in [0.1, 0.15) is 10.4 Å². The smallest absolute Gasteiger partial charge is 0.255 e. The van der Waals surface area contributed by atoms with E-state index in [1.54, 1.807) is 42.5 Å². The highest BCUT2D eigenvalue weighted by atomic mass is 35.5. The molecule has 124 valence electrons. The molecule has 3 aromatic carbocycles. The van der Waals surface area contributed by atoms with Crippen LogP contribution in [0, 0.1) is 0 Å². The summed E-state index contributed by atoms with van der Waals surface area (Å²) in [5.41, 5.74) is 9.52. The lowest BCUT2D eigenvalue weighted by Gasteiger charge is -2.14. The second-order valence-corrected chi connectivity index (χ2v) is 5.96. The molecular formula is C19H14ClN3OS. The molecule has 3 aromatic rings. The number of hydrogen-bond donors (Lipinski definition) is 2. The number of hydrogen-bond acceptors (Lipinski definition) is 4. The van der Waals surface area contributed by atoms with E-state index in [1.807, 2.05) is 24.3 Å². The van der Waals surface area contributed by atoms with Crippen molar-refractivity contribution in [2.24, 2.45) is 4.36 Å². The van der Waals surface area contributed by atoms with Crippen molar-refractivity contribution >= 4 is 47.0 Å². The van der Waals surface area contributed by atoms with Gasteiger partial charge < -0.3 is 11.1 Å². The van der Waals surface area contributed by atoms with Crippen molar-refractivity contribution in [1.82, 2.24) is 0 Å². The van der Waals surface area contributed by atoms with Crippen LogP contribution in [0.2, 0.25) is 5.02 Å². The van der Waals surface area contributed by atoms with Crippen LogP contribution in [0.25, 0.3) is 11.1 Å². The molecule has 6 heteroatoms. The average Bonchev–Trinajstić information content (AvgIpc) is 2.62. The Kier molecular flexibility index (Phi) is 5.07. The van der Waals surface area contributed by atoms with E-state index in [9.17, 15) is 4.79 Å². The van der Waals surface area contributed by atoms with Gasteiger partial charge in [0.1, 0.15) is 5.69 Å². The molecule has 4 nitrogen and oxygen atoms in total. The first-order valence-corrected chi connectivity index (χ1v) is 8.22. The third-order valence-corrected chi connectivity index (χ3v) is 4.13. The van der Waals surface area contributed by atoms with Gasteiger partial charge in [-0.05, 0) is 30.3 Å². The summed E-state index contributed by atoms with van der Waals surface area (Å²) in [5.74, 6) is -0.232. The van der Waals surface area contributed by atoms with E-state index < -0.39 is 0 Å². The first-order chi connectivity index (χ1) is 12.1. The van der Waals surface area contributed by atoms with Crippen molar-refractivity contribution in [1.29, 1.82) is 0 Å². The number of anilines is 2. The maximum atomic E-state index is 12.5. The summed E-state index contributed by atoms with van der Waals surface area (Å²) in [6, 6.07) is 19.6. The predicted molar refractivity (Wildman–Crippen MR) is 105 cm³/mol. The summed E-state index contributed by atoms with van der Waals surface area (Å²) in [6.45, 7) is 0. The molecular weight excluding hydrogens is 354 g/mol. The Morgan fingerprint density at radius 3 is 2.48 bits per heavy atom. The van der Waals surface area contributed by atoms with Crippen LogP contribution in [0.4, 0.5) is 17.1 Å². The number of carbonyl (C=O) groups is 1. The van der Waals surface area contributed by atoms with E-state index >= 15 is 0 Å². The minimum Gasteiger partial charge on any atom is -0.397 e. The zero-order valence-electron chi connectivity index (χ0n) is 13.1. The monoisotopic (exact) mass is 367 g/mol. The van der Waals surface area contributed by atoms with Crippen LogP contribution in [-0.2, 0) is 12.4 Å².